The average molecular weight is 674 g/mol. The molecule has 3 aromatic carbocycles. The number of carbonyl (C=O) groups excluding carboxylic acids is 1. The number of piperazine rings is 1. The predicted molar refractivity (Wildman–Crippen MR) is 163 cm³/mol. The number of fused-ring (bicyclic) bond motifs is 2. The van der Waals surface area contributed by atoms with E-state index < -0.39 is 59.0 Å². The van der Waals surface area contributed by atoms with Crippen molar-refractivity contribution in [2.75, 3.05) is 19.7 Å². The molecule has 1 saturated carbocycles. The fourth-order valence-corrected chi connectivity index (χ4v) is 6.54. The highest BCUT2D eigenvalue weighted by Gasteiger charge is 2.46. The van der Waals surface area contributed by atoms with Crippen LogP contribution in [0.2, 0.25) is 0 Å². The summed E-state index contributed by atoms with van der Waals surface area (Å²) in [6.07, 6.45) is -3.20. The second-order valence-corrected chi connectivity index (χ2v) is 12.3. The minimum Gasteiger partial charge on any atom is -0.488 e. The van der Waals surface area contributed by atoms with Crippen LogP contribution in [-0.4, -0.2) is 64.7 Å². The Balaban J connectivity index is 1.25. The number of aryl methyl sites for hydroxylation is 1. The number of nitrogens with one attached hydrogen (secondary N) is 1. The molecule has 0 unspecified atom stereocenters. The van der Waals surface area contributed by atoms with Crippen LogP contribution in [0.4, 0.5) is 31.1 Å². The summed E-state index contributed by atoms with van der Waals surface area (Å²) in [5.41, 5.74) is 2.10. The molecule has 2 bridgehead atoms. The van der Waals surface area contributed by atoms with Crippen LogP contribution in [-0.2, 0) is 23.9 Å². The third-order valence-electron chi connectivity index (χ3n) is 9.01. The normalized spacial score (nSPS) is 19.3. The van der Waals surface area contributed by atoms with Gasteiger partial charge < -0.3 is 20.1 Å². The number of amides is 2. The summed E-state index contributed by atoms with van der Waals surface area (Å²) in [5, 5.41) is 13.4. The molecule has 0 spiro atoms. The molecule has 6 rings (SSSR count). The lowest BCUT2D eigenvalue weighted by atomic mass is 9.81. The summed E-state index contributed by atoms with van der Waals surface area (Å²) in [4.78, 5) is 29.7. The molecule has 2 N–H and O–H groups in total. The zero-order chi connectivity index (χ0) is 34.2. The lowest BCUT2D eigenvalue weighted by molar-refractivity contribution is -0.137. The van der Waals surface area contributed by atoms with Crippen molar-refractivity contribution in [3.63, 3.8) is 0 Å². The molecular formula is C35H33F6N3O4. The Morgan fingerprint density at radius 3 is 2.38 bits per heavy atom. The van der Waals surface area contributed by atoms with Gasteiger partial charge in [0, 0.05) is 31.2 Å². The monoisotopic (exact) mass is 673 g/mol. The fraction of sp³-hybridized carbons (Fsp3) is 0.371. The summed E-state index contributed by atoms with van der Waals surface area (Å²) in [6.45, 7) is 0.493. The van der Waals surface area contributed by atoms with Gasteiger partial charge in [0.05, 0.1) is 24.3 Å². The van der Waals surface area contributed by atoms with Gasteiger partial charge in [-0.3, -0.25) is 9.69 Å². The topological polar surface area (TPSA) is 82.1 Å². The molecule has 3 aliphatic rings. The van der Waals surface area contributed by atoms with E-state index in [1.165, 1.54) is 11.0 Å². The molecule has 254 valence electrons. The van der Waals surface area contributed by atoms with Crippen molar-refractivity contribution in [1.29, 1.82) is 0 Å². The number of ether oxygens (including phenoxy) is 1. The maximum Gasteiger partial charge on any atom is 0.416 e. The van der Waals surface area contributed by atoms with E-state index in [9.17, 15) is 41.0 Å². The first-order valence-corrected chi connectivity index (χ1v) is 15.7. The summed E-state index contributed by atoms with van der Waals surface area (Å²) < 4.78 is 86.7. The molecule has 48 heavy (non-hydrogen) atoms. The molecule has 1 saturated heterocycles. The SMILES string of the molecule is O=C(C1=C(c2ccc(CCCOc3c(F)ccc(F)c3F)cc2)C[C@@H]2CNC[C@H]1N2C(=O)O)N(Cc1cccc(C(F)(F)F)c1)C1CC1. The highest BCUT2D eigenvalue weighted by Crippen LogP contribution is 2.40. The van der Waals surface area contributed by atoms with E-state index in [0.29, 0.717) is 55.0 Å². The van der Waals surface area contributed by atoms with Crippen LogP contribution in [0.1, 0.15) is 47.9 Å². The number of alkyl halides is 3. The minimum absolute atomic E-state index is 0.0503. The van der Waals surface area contributed by atoms with E-state index in [4.69, 9.17) is 4.74 Å². The number of carboxylic acid groups (broad SMARTS) is 1. The van der Waals surface area contributed by atoms with Gasteiger partial charge in [-0.1, -0.05) is 36.4 Å². The van der Waals surface area contributed by atoms with E-state index in [0.717, 1.165) is 29.3 Å². The van der Waals surface area contributed by atoms with E-state index in [1.807, 2.05) is 24.3 Å². The van der Waals surface area contributed by atoms with Gasteiger partial charge >= 0.3 is 12.3 Å². The Kier molecular flexibility index (Phi) is 9.41. The minimum atomic E-state index is -4.54. The van der Waals surface area contributed by atoms with Crippen LogP contribution in [0.25, 0.3) is 5.57 Å². The predicted octanol–water partition coefficient (Wildman–Crippen LogP) is 6.80. The molecule has 1 aliphatic carbocycles. The first-order chi connectivity index (χ1) is 22.9. The van der Waals surface area contributed by atoms with Gasteiger partial charge in [-0.15, -0.1) is 0 Å². The van der Waals surface area contributed by atoms with Crippen LogP contribution >= 0.6 is 0 Å². The van der Waals surface area contributed by atoms with Gasteiger partial charge in [0.1, 0.15) is 0 Å². The number of halogens is 6. The Morgan fingerprint density at radius 2 is 1.69 bits per heavy atom. The summed E-state index contributed by atoms with van der Waals surface area (Å²) in [5.74, 6) is -4.76. The van der Waals surface area contributed by atoms with E-state index >= 15 is 0 Å². The molecule has 2 amide bonds. The summed E-state index contributed by atoms with van der Waals surface area (Å²) in [7, 11) is 0. The summed E-state index contributed by atoms with van der Waals surface area (Å²) in [6, 6.07) is 12.3. The standard InChI is InChI=1S/C35H33F6N3O4/c36-27-12-13-28(37)32(31(27)38)48-14-2-4-20-6-8-22(9-7-20)26-16-25-17-42-18-29(44(25)34(46)47)30(26)33(45)43(24-10-11-24)19-21-3-1-5-23(15-21)35(39,40)41/h1,3,5-9,12-13,15,24-25,29,42H,2,4,10-11,14,16-19H2,(H,46,47)/t25-,29-/m1/s1. The van der Waals surface area contributed by atoms with Crippen molar-refractivity contribution in [2.45, 2.75) is 63.0 Å². The molecule has 2 fully saturated rings. The fourth-order valence-electron chi connectivity index (χ4n) is 6.54. The highest BCUT2D eigenvalue weighted by molar-refractivity contribution is 6.04. The van der Waals surface area contributed by atoms with Gasteiger partial charge in [-0.05, 0) is 78.6 Å². The Bertz CT molecular complexity index is 1720. The Labute approximate surface area is 272 Å². The smallest absolute Gasteiger partial charge is 0.416 e. The van der Waals surface area contributed by atoms with Crippen LogP contribution in [0.15, 0.2) is 66.2 Å². The number of benzene rings is 3. The van der Waals surface area contributed by atoms with Crippen molar-refractivity contribution in [3.05, 3.63) is 106 Å². The molecule has 13 heteroatoms. The van der Waals surface area contributed by atoms with Gasteiger partial charge in [0.2, 0.25) is 5.82 Å². The van der Waals surface area contributed by atoms with E-state index in [-0.39, 0.29) is 32.2 Å². The molecule has 3 aromatic rings. The van der Waals surface area contributed by atoms with Gasteiger partial charge in [-0.25, -0.2) is 13.6 Å². The van der Waals surface area contributed by atoms with E-state index in [2.05, 4.69) is 5.32 Å². The Morgan fingerprint density at radius 1 is 0.958 bits per heavy atom. The van der Waals surface area contributed by atoms with Crippen molar-refractivity contribution >= 4 is 17.6 Å². The number of nitrogens with zero attached hydrogens (tertiary/aromatic N) is 2. The van der Waals surface area contributed by atoms with Crippen molar-refractivity contribution in [2.24, 2.45) is 0 Å². The largest absolute Gasteiger partial charge is 0.488 e. The maximum atomic E-state index is 14.5. The maximum absolute atomic E-state index is 14.5. The number of hydrogen-bond acceptors (Lipinski definition) is 4. The lowest BCUT2D eigenvalue weighted by Crippen LogP contribution is -2.63. The number of rotatable bonds is 10. The van der Waals surface area contributed by atoms with Crippen molar-refractivity contribution in [1.82, 2.24) is 15.1 Å². The quantitative estimate of drug-likeness (QED) is 0.141. The van der Waals surface area contributed by atoms with Gasteiger partial charge in [0.15, 0.2) is 17.4 Å². The lowest BCUT2D eigenvalue weighted by Gasteiger charge is -2.47. The second-order valence-electron chi connectivity index (χ2n) is 12.3. The van der Waals surface area contributed by atoms with E-state index in [1.54, 1.807) is 11.0 Å². The summed E-state index contributed by atoms with van der Waals surface area (Å²) >= 11 is 0. The molecule has 0 radical (unpaired) electrons. The molecule has 2 atom stereocenters. The molecule has 7 nitrogen and oxygen atoms in total. The van der Waals surface area contributed by atoms with Crippen molar-refractivity contribution in [3.8, 4) is 5.75 Å². The van der Waals surface area contributed by atoms with Crippen LogP contribution < -0.4 is 10.1 Å². The van der Waals surface area contributed by atoms with Gasteiger partial charge in [0.25, 0.3) is 5.91 Å². The van der Waals surface area contributed by atoms with Crippen molar-refractivity contribution < 1.29 is 45.8 Å². The highest BCUT2D eigenvalue weighted by atomic mass is 19.4. The van der Waals surface area contributed by atoms with Gasteiger partial charge in [-0.2, -0.15) is 17.6 Å². The van der Waals surface area contributed by atoms with Crippen LogP contribution in [0, 0.1) is 17.5 Å². The average Bonchev–Trinajstić information content (AvgIpc) is 3.90. The number of carbonyl (C=O) groups is 2. The second kappa shape index (κ2) is 13.5. The third-order valence-corrected chi connectivity index (χ3v) is 9.01. The first kappa shape index (κ1) is 33.4. The molecule has 0 aromatic heterocycles. The zero-order valence-corrected chi connectivity index (χ0v) is 25.7. The van der Waals surface area contributed by atoms with Crippen LogP contribution in [0.3, 0.4) is 0 Å². The molecule has 2 aliphatic heterocycles. The number of hydrogen-bond donors (Lipinski definition) is 2. The molecule has 2 heterocycles. The zero-order valence-electron chi connectivity index (χ0n) is 25.7. The molecular weight excluding hydrogens is 640 g/mol. The van der Waals surface area contributed by atoms with Crippen LogP contribution in [0.5, 0.6) is 5.75 Å². The third kappa shape index (κ3) is 7.01. The Hall–Kier alpha value is -4.52. The first-order valence-electron chi connectivity index (χ1n) is 15.7.